The number of anilines is 1. The molecule has 6 nitrogen and oxygen atoms in total. The molecule has 0 heterocycles. The summed E-state index contributed by atoms with van der Waals surface area (Å²) in [6, 6.07) is 12.2. The van der Waals surface area contributed by atoms with Gasteiger partial charge >= 0.3 is 0 Å². The van der Waals surface area contributed by atoms with E-state index in [0.29, 0.717) is 5.75 Å². The molecule has 0 aliphatic heterocycles. The lowest BCUT2D eigenvalue weighted by atomic mass is 10.2. The van der Waals surface area contributed by atoms with Gasteiger partial charge in [0.15, 0.2) is 0 Å². The molecule has 2 rings (SSSR count). The SMILES string of the molecule is COc1ccc(CNC(=O)CN(c2cccc(F)c2)S(C)(=O)=O)cc1. The maximum atomic E-state index is 13.4. The molecule has 25 heavy (non-hydrogen) atoms. The maximum Gasteiger partial charge on any atom is 0.241 e. The number of amides is 1. The molecule has 0 aliphatic rings. The van der Waals surface area contributed by atoms with Crippen molar-refractivity contribution < 1.29 is 22.3 Å². The smallest absolute Gasteiger partial charge is 0.241 e. The molecule has 2 aromatic carbocycles. The van der Waals surface area contributed by atoms with Gasteiger partial charge in [0, 0.05) is 6.54 Å². The Bertz CT molecular complexity index is 838. The van der Waals surface area contributed by atoms with Gasteiger partial charge in [0.25, 0.3) is 0 Å². The number of nitrogens with zero attached hydrogens (tertiary/aromatic N) is 1. The molecule has 0 saturated carbocycles. The molecule has 0 aromatic heterocycles. The van der Waals surface area contributed by atoms with E-state index in [1.807, 2.05) is 0 Å². The first-order chi connectivity index (χ1) is 11.8. The molecule has 1 amide bonds. The number of ether oxygens (including phenoxy) is 1. The molecule has 0 aliphatic carbocycles. The van der Waals surface area contributed by atoms with E-state index in [0.717, 1.165) is 22.2 Å². The van der Waals surface area contributed by atoms with E-state index in [4.69, 9.17) is 4.74 Å². The Morgan fingerprint density at radius 3 is 2.44 bits per heavy atom. The summed E-state index contributed by atoms with van der Waals surface area (Å²) in [4.78, 5) is 12.1. The molecule has 0 fully saturated rings. The van der Waals surface area contributed by atoms with Gasteiger partial charge < -0.3 is 10.1 Å². The molecule has 8 heteroatoms. The van der Waals surface area contributed by atoms with Crippen LogP contribution in [-0.4, -0.2) is 34.2 Å². The zero-order valence-electron chi connectivity index (χ0n) is 13.9. The second-order valence-corrected chi connectivity index (χ2v) is 7.28. The fourth-order valence-corrected chi connectivity index (χ4v) is 3.01. The first kappa shape index (κ1) is 18.7. The molecule has 0 unspecified atom stereocenters. The number of nitrogens with one attached hydrogen (secondary N) is 1. The molecule has 0 bridgehead atoms. The summed E-state index contributed by atoms with van der Waals surface area (Å²) in [5.74, 6) is -0.375. The van der Waals surface area contributed by atoms with E-state index in [-0.39, 0.29) is 12.2 Å². The summed E-state index contributed by atoms with van der Waals surface area (Å²) in [6.45, 7) is -0.192. The van der Waals surface area contributed by atoms with Crippen molar-refractivity contribution in [2.24, 2.45) is 0 Å². The first-order valence-corrected chi connectivity index (χ1v) is 9.27. The van der Waals surface area contributed by atoms with Gasteiger partial charge in [-0.2, -0.15) is 0 Å². The van der Waals surface area contributed by atoms with Gasteiger partial charge in [-0.05, 0) is 35.9 Å². The number of methoxy groups -OCH3 is 1. The molecule has 134 valence electrons. The number of hydrogen-bond acceptors (Lipinski definition) is 4. The van der Waals surface area contributed by atoms with Gasteiger partial charge in [0.05, 0.1) is 19.1 Å². The lowest BCUT2D eigenvalue weighted by Gasteiger charge is -2.21. The van der Waals surface area contributed by atoms with E-state index in [9.17, 15) is 17.6 Å². The molecule has 0 spiro atoms. The average molecular weight is 366 g/mol. The molecule has 2 aromatic rings. The average Bonchev–Trinajstić information content (AvgIpc) is 2.57. The molecule has 0 radical (unpaired) electrons. The van der Waals surface area contributed by atoms with Crippen molar-refractivity contribution in [2.75, 3.05) is 24.2 Å². The van der Waals surface area contributed by atoms with Crippen molar-refractivity contribution in [1.29, 1.82) is 0 Å². The van der Waals surface area contributed by atoms with Crippen LogP contribution in [0.4, 0.5) is 10.1 Å². The summed E-state index contributed by atoms with van der Waals surface area (Å²) < 4.78 is 43.1. The topological polar surface area (TPSA) is 75.7 Å². The minimum absolute atomic E-state index is 0.0992. The highest BCUT2D eigenvalue weighted by atomic mass is 32.2. The zero-order valence-corrected chi connectivity index (χ0v) is 14.7. The number of carbonyl (C=O) groups is 1. The van der Waals surface area contributed by atoms with E-state index in [1.165, 1.54) is 18.2 Å². The Morgan fingerprint density at radius 2 is 1.88 bits per heavy atom. The Kier molecular flexibility index (Phi) is 5.97. The summed E-state index contributed by atoms with van der Waals surface area (Å²) in [5, 5.41) is 2.64. The number of carbonyl (C=O) groups excluding carboxylic acids is 1. The Balaban J connectivity index is 2.04. The molecule has 1 N–H and O–H groups in total. The van der Waals surface area contributed by atoms with Crippen LogP contribution in [0.25, 0.3) is 0 Å². The quantitative estimate of drug-likeness (QED) is 0.812. The van der Waals surface area contributed by atoms with Gasteiger partial charge in [-0.15, -0.1) is 0 Å². The molecular formula is C17H19FN2O4S. The van der Waals surface area contributed by atoms with Gasteiger partial charge in [0.1, 0.15) is 18.1 Å². The number of benzene rings is 2. The van der Waals surface area contributed by atoms with Crippen LogP contribution in [0.15, 0.2) is 48.5 Å². The van der Waals surface area contributed by atoms with E-state index < -0.39 is 28.3 Å². The minimum atomic E-state index is -3.73. The second-order valence-electron chi connectivity index (χ2n) is 5.37. The highest BCUT2D eigenvalue weighted by molar-refractivity contribution is 7.92. The normalized spacial score (nSPS) is 11.0. The lowest BCUT2D eigenvalue weighted by Crippen LogP contribution is -2.40. The molecule has 0 saturated heterocycles. The van der Waals surface area contributed by atoms with Crippen molar-refractivity contribution in [3.05, 3.63) is 59.9 Å². The number of hydrogen-bond donors (Lipinski definition) is 1. The van der Waals surface area contributed by atoms with Crippen LogP contribution in [-0.2, 0) is 21.4 Å². The van der Waals surface area contributed by atoms with Gasteiger partial charge in [0.2, 0.25) is 15.9 Å². The zero-order chi connectivity index (χ0) is 18.4. The predicted octanol–water partition coefficient (Wildman–Crippen LogP) is 1.92. The number of halogens is 1. The maximum absolute atomic E-state index is 13.4. The highest BCUT2D eigenvalue weighted by Gasteiger charge is 2.21. The largest absolute Gasteiger partial charge is 0.497 e. The summed E-state index contributed by atoms with van der Waals surface area (Å²) >= 11 is 0. The third kappa shape index (κ3) is 5.46. The lowest BCUT2D eigenvalue weighted by molar-refractivity contribution is -0.119. The van der Waals surface area contributed by atoms with E-state index in [1.54, 1.807) is 31.4 Å². The highest BCUT2D eigenvalue weighted by Crippen LogP contribution is 2.18. The van der Waals surface area contributed by atoms with Crippen LogP contribution in [0.5, 0.6) is 5.75 Å². The van der Waals surface area contributed by atoms with Crippen LogP contribution >= 0.6 is 0 Å². The van der Waals surface area contributed by atoms with Crippen LogP contribution in [0.3, 0.4) is 0 Å². The van der Waals surface area contributed by atoms with E-state index in [2.05, 4.69) is 5.32 Å². The van der Waals surface area contributed by atoms with Crippen molar-refractivity contribution in [3.63, 3.8) is 0 Å². The molecular weight excluding hydrogens is 347 g/mol. The fourth-order valence-electron chi connectivity index (χ4n) is 2.16. The Morgan fingerprint density at radius 1 is 1.20 bits per heavy atom. The van der Waals surface area contributed by atoms with Crippen LogP contribution < -0.4 is 14.4 Å². The minimum Gasteiger partial charge on any atom is -0.497 e. The first-order valence-electron chi connectivity index (χ1n) is 7.42. The predicted molar refractivity (Wildman–Crippen MR) is 93.4 cm³/mol. The summed E-state index contributed by atoms with van der Waals surface area (Å²) in [5.41, 5.74) is 0.938. The van der Waals surface area contributed by atoms with Crippen molar-refractivity contribution >= 4 is 21.6 Å². The van der Waals surface area contributed by atoms with Crippen molar-refractivity contribution in [3.8, 4) is 5.75 Å². The van der Waals surface area contributed by atoms with Crippen LogP contribution in [0, 0.1) is 5.82 Å². The van der Waals surface area contributed by atoms with Gasteiger partial charge in [-0.3, -0.25) is 9.10 Å². The third-order valence-electron chi connectivity index (χ3n) is 3.43. The fraction of sp³-hybridized carbons (Fsp3) is 0.235. The number of sulfonamides is 1. The molecule has 0 atom stereocenters. The van der Waals surface area contributed by atoms with Crippen LogP contribution in [0.2, 0.25) is 0 Å². The van der Waals surface area contributed by atoms with Crippen LogP contribution in [0.1, 0.15) is 5.56 Å². The Labute approximate surface area is 146 Å². The monoisotopic (exact) mass is 366 g/mol. The van der Waals surface area contributed by atoms with E-state index >= 15 is 0 Å². The van der Waals surface area contributed by atoms with Crippen molar-refractivity contribution in [1.82, 2.24) is 5.32 Å². The Hall–Kier alpha value is -2.61. The number of rotatable bonds is 7. The summed E-state index contributed by atoms with van der Waals surface area (Å²) in [7, 11) is -2.17. The standard InChI is InChI=1S/C17H19FN2O4S/c1-24-16-8-6-13(7-9-16)11-19-17(21)12-20(25(2,22)23)15-5-3-4-14(18)10-15/h3-10H,11-12H2,1-2H3,(H,19,21). The third-order valence-corrected chi connectivity index (χ3v) is 4.57. The second kappa shape index (κ2) is 7.98. The summed E-state index contributed by atoms with van der Waals surface area (Å²) in [6.07, 6.45) is 0.967. The van der Waals surface area contributed by atoms with Gasteiger partial charge in [-0.25, -0.2) is 12.8 Å². The van der Waals surface area contributed by atoms with Crippen molar-refractivity contribution in [2.45, 2.75) is 6.54 Å². The van der Waals surface area contributed by atoms with Gasteiger partial charge in [-0.1, -0.05) is 18.2 Å².